The fourth-order valence-electron chi connectivity index (χ4n) is 3.62. The summed E-state index contributed by atoms with van der Waals surface area (Å²) in [5.41, 5.74) is 2.48. The van der Waals surface area contributed by atoms with Crippen LogP contribution < -0.4 is 4.74 Å². The molecule has 2 aliphatic rings. The van der Waals surface area contributed by atoms with Gasteiger partial charge in [0.05, 0.1) is 11.4 Å². The van der Waals surface area contributed by atoms with E-state index in [1.165, 1.54) is 21.9 Å². The molecule has 1 aromatic carbocycles. The first-order chi connectivity index (χ1) is 12.1. The minimum atomic E-state index is -3.46. The van der Waals surface area contributed by atoms with Crippen molar-refractivity contribution in [3.63, 3.8) is 0 Å². The highest BCUT2D eigenvalue weighted by Crippen LogP contribution is 2.28. The number of fused-ring (bicyclic) bond motifs is 1. The van der Waals surface area contributed by atoms with Gasteiger partial charge in [-0.1, -0.05) is 12.1 Å². The van der Waals surface area contributed by atoms with Gasteiger partial charge >= 0.3 is 0 Å². The van der Waals surface area contributed by atoms with E-state index in [9.17, 15) is 8.42 Å². The van der Waals surface area contributed by atoms with Gasteiger partial charge in [0.1, 0.15) is 6.10 Å². The van der Waals surface area contributed by atoms with Gasteiger partial charge in [0.2, 0.25) is 15.9 Å². The summed E-state index contributed by atoms with van der Waals surface area (Å²) in [6.45, 7) is 0.854. The van der Waals surface area contributed by atoms with Crippen LogP contribution in [0.4, 0.5) is 0 Å². The highest BCUT2D eigenvalue weighted by atomic mass is 32.2. The van der Waals surface area contributed by atoms with Gasteiger partial charge in [-0.3, -0.25) is 0 Å². The Bertz CT molecular complexity index is 852. The summed E-state index contributed by atoms with van der Waals surface area (Å²) in [7, 11) is -3.46. The number of hydrogen-bond acceptors (Lipinski definition) is 4. The average Bonchev–Trinajstić information content (AvgIpc) is 3.11. The summed E-state index contributed by atoms with van der Waals surface area (Å²) in [5, 5.41) is 0. The van der Waals surface area contributed by atoms with Gasteiger partial charge in [-0.25, -0.2) is 13.4 Å². The fourth-order valence-corrected chi connectivity index (χ4v) is 5.16. The number of hydrogen-bond donors (Lipinski definition) is 0. The highest BCUT2D eigenvalue weighted by Gasteiger charge is 2.34. The number of rotatable bonds is 4. The van der Waals surface area contributed by atoms with E-state index in [-0.39, 0.29) is 6.10 Å². The lowest BCUT2D eigenvalue weighted by atomic mass is 9.92. The topological polar surface area (TPSA) is 59.5 Å². The Hall–Kier alpha value is -1.92. The van der Waals surface area contributed by atoms with E-state index in [1.807, 2.05) is 24.3 Å². The number of aryl methyl sites for hydroxylation is 2. The van der Waals surface area contributed by atoms with Crippen molar-refractivity contribution in [3.05, 3.63) is 53.7 Å². The van der Waals surface area contributed by atoms with Crippen molar-refractivity contribution in [1.82, 2.24) is 9.29 Å². The van der Waals surface area contributed by atoms with Gasteiger partial charge < -0.3 is 4.74 Å². The van der Waals surface area contributed by atoms with Crippen LogP contribution >= 0.6 is 0 Å². The zero-order valence-corrected chi connectivity index (χ0v) is 14.9. The predicted molar refractivity (Wildman–Crippen MR) is 95.1 cm³/mol. The third-order valence-corrected chi connectivity index (χ3v) is 6.85. The van der Waals surface area contributed by atoms with Crippen LogP contribution in [0, 0.1) is 0 Å². The van der Waals surface area contributed by atoms with Crippen molar-refractivity contribution in [3.8, 4) is 5.88 Å². The molecule has 1 aliphatic heterocycles. The van der Waals surface area contributed by atoms with Gasteiger partial charge in [0, 0.05) is 18.8 Å². The summed E-state index contributed by atoms with van der Waals surface area (Å²) >= 11 is 0. The predicted octanol–water partition coefficient (Wildman–Crippen LogP) is 2.80. The van der Waals surface area contributed by atoms with Gasteiger partial charge in [0.25, 0.3) is 0 Å². The Morgan fingerprint density at radius 1 is 1.08 bits per heavy atom. The second kappa shape index (κ2) is 6.77. The van der Waals surface area contributed by atoms with Crippen LogP contribution in [-0.4, -0.2) is 36.9 Å². The first kappa shape index (κ1) is 16.5. The molecule has 0 N–H and O–H groups in total. The van der Waals surface area contributed by atoms with Crippen molar-refractivity contribution >= 4 is 10.0 Å². The summed E-state index contributed by atoms with van der Waals surface area (Å²) in [4.78, 5) is 4.55. The van der Waals surface area contributed by atoms with Crippen LogP contribution in [-0.2, 0) is 22.9 Å². The van der Waals surface area contributed by atoms with Crippen LogP contribution in [0.3, 0.4) is 0 Å². The molecular weight excluding hydrogens is 336 g/mol. The molecule has 2 aromatic rings. The van der Waals surface area contributed by atoms with Gasteiger partial charge in [-0.15, -0.1) is 0 Å². The number of sulfonamides is 1. The Labute approximate surface area is 148 Å². The van der Waals surface area contributed by atoms with E-state index < -0.39 is 10.0 Å². The first-order valence-electron chi connectivity index (χ1n) is 8.82. The van der Waals surface area contributed by atoms with Crippen molar-refractivity contribution in [2.75, 3.05) is 13.1 Å². The molecule has 25 heavy (non-hydrogen) atoms. The second-order valence-corrected chi connectivity index (χ2v) is 8.64. The molecule has 5 nitrogen and oxygen atoms in total. The zero-order valence-electron chi connectivity index (χ0n) is 14.1. The summed E-state index contributed by atoms with van der Waals surface area (Å²) < 4.78 is 33.3. The van der Waals surface area contributed by atoms with Crippen LogP contribution in [0.5, 0.6) is 5.88 Å². The third kappa shape index (κ3) is 3.41. The first-order valence-corrected chi connectivity index (χ1v) is 10.3. The molecule has 2 heterocycles. The van der Waals surface area contributed by atoms with E-state index in [1.54, 1.807) is 18.3 Å². The molecule has 132 valence electrons. The van der Waals surface area contributed by atoms with Crippen molar-refractivity contribution in [1.29, 1.82) is 0 Å². The molecule has 0 bridgehead atoms. The summed E-state index contributed by atoms with van der Waals surface area (Å²) in [6.07, 6.45) is 6.57. The number of pyridine rings is 1. The minimum absolute atomic E-state index is 0.151. The van der Waals surface area contributed by atoms with Crippen LogP contribution in [0.15, 0.2) is 47.5 Å². The number of nitrogens with zero attached hydrogens (tertiary/aromatic N) is 2. The lowest BCUT2D eigenvalue weighted by Gasteiger charge is -2.20. The van der Waals surface area contributed by atoms with Crippen LogP contribution in [0.1, 0.15) is 30.4 Å². The van der Waals surface area contributed by atoms with Gasteiger partial charge in [0.15, 0.2) is 0 Å². The van der Waals surface area contributed by atoms with Crippen molar-refractivity contribution in [2.24, 2.45) is 0 Å². The molecule has 4 rings (SSSR count). The Balaban J connectivity index is 1.49. The largest absolute Gasteiger partial charge is 0.473 e. The quantitative estimate of drug-likeness (QED) is 0.843. The average molecular weight is 358 g/mol. The summed E-state index contributed by atoms with van der Waals surface area (Å²) in [6, 6.07) is 11.1. The van der Waals surface area contributed by atoms with Crippen molar-refractivity contribution in [2.45, 2.75) is 43.1 Å². The number of ether oxygens (including phenoxy) is 1. The lowest BCUT2D eigenvalue weighted by molar-refractivity contribution is 0.207. The van der Waals surface area contributed by atoms with Crippen molar-refractivity contribution < 1.29 is 13.2 Å². The molecule has 1 saturated heterocycles. The molecule has 0 spiro atoms. The zero-order chi connectivity index (χ0) is 17.3. The maximum absolute atomic E-state index is 13.0. The van der Waals surface area contributed by atoms with Crippen LogP contribution in [0.2, 0.25) is 0 Å². The van der Waals surface area contributed by atoms with E-state index >= 15 is 0 Å². The lowest BCUT2D eigenvalue weighted by Crippen LogP contribution is -2.31. The molecule has 1 aromatic heterocycles. The molecule has 0 amide bonds. The molecule has 0 radical (unpaired) electrons. The maximum Gasteiger partial charge on any atom is 0.243 e. The maximum atomic E-state index is 13.0. The molecule has 1 atom stereocenters. The normalized spacial score (nSPS) is 21.0. The third-order valence-electron chi connectivity index (χ3n) is 4.99. The molecule has 1 fully saturated rings. The molecule has 1 unspecified atom stereocenters. The van der Waals surface area contributed by atoms with Gasteiger partial charge in [-0.2, -0.15) is 4.31 Å². The summed E-state index contributed by atoms with van der Waals surface area (Å²) in [5.74, 6) is 0.542. The highest BCUT2D eigenvalue weighted by molar-refractivity contribution is 7.89. The van der Waals surface area contributed by atoms with Gasteiger partial charge in [-0.05, 0) is 61.4 Å². The smallest absolute Gasteiger partial charge is 0.243 e. The second-order valence-electron chi connectivity index (χ2n) is 6.70. The van der Waals surface area contributed by atoms with E-state index in [2.05, 4.69) is 4.98 Å². The standard InChI is InChI=1S/C19H22N2O3S/c22-25(23,18-9-8-15-5-1-2-6-16(15)13-18)21-12-10-17(14-21)24-19-7-3-4-11-20-19/h3-4,7-9,11,13,17H,1-2,5-6,10,12,14H2. The fraction of sp³-hybridized carbons (Fsp3) is 0.421. The number of aromatic nitrogens is 1. The van der Waals surface area contributed by atoms with E-state index in [0.29, 0.717) is 30.3 Å². The molecule has 1 aliphatic carbocycles. The molecule has 6 heteroatoms. The van der Waals surface area contributed by atoms with E-state index in [0.717, 1.165) is 19.3 Å². The Kier molecular flexibility index (Phi) is 4.48. The Morgan fingerprint density at radius 2 is 1.92 bits per heavy atom. The van der Waals surface area contributed by atoms with E-state index in [4.69, 9.17) is 4.74 Å². The SMILES string of the molecule is O=S(=O)(c1ccc2c(c1)CCCC2)N1CCC(Oc2ccccn2)C1. The minimum Gasteiger partial charge on any atom is -0.473 e. The number of benzene rings is 1. The van der Waals surface area contributed by atoms with Crippen LogP contribution in [0.25, 0.3) is 0 Å². The monoisotopic (exact) mass is 358 g/mol. The molecule has 0 saturated carbocycles. The molecular formula is C19H22N2O3S. The Morgan fingerprint density at radius 3 is 2.72 bits per heavy atom.